The van der Waals surface area contributed by atoms with Crippen LogP contribution in [-0.2, 0) is 16.4 Å². The first-order chi connectivity index (χ1) is 13.5. The van der Waals surface area contributed by atoms with E-state index in [-0.39, 0.29) is 10.9 Å². The van der Waals surface area contributed by atoms with Crippen molar-refractivity contribution >= 4 is 15.7 Å². The molecule has 0 saturated heterocycles. The standard InChI is InChI=1S/C20H22N4O3S/c1-27-20-8-3-2-7-19(20)24-13-16(12-22-24)28(25,26)23-18-6-4-5-14-11-15(21)9-10-17(14)18/h2-3,7-13,18,23H,4-6,21H2,1H3. The zero-order chi connectivity index (χ0) is 19.7. The van der Waals surface area contributed by atoms with E-state index in [1.807, 2.05) is 36.4 Å². The maximum Gasteiger partial charge on any atom is 0.244 e. The average Bonchev–Trinajstić information content (AvgIpc) is 3.19. The lowest BCUT2D eigenvalue weighted by molar-refractivity contribution is 0.411. The van der Waals surface area contributed by atoms with Crippen molar-refractivity contribution in [3.8, 4) is 11.4 Å². The Balaban J connectivity index is 1.62. The lowest BCUT2D eigenvalue weighted by atomic mass is 9.88. The Hall–Kier alpha value is -2.84. The van der Waals surface area contributed by atoms with E-state index in [9.17, 15) is 8.42 Å². The molecule has 1 aromatic heterocycles. The van der Waals surface area contributed by atoms with Crippen molar-refractivity contribution in [1.82, 2.24) is 14.5 Å². The number of nitrogens with one attached hydrogen (secondary N) is 1. The Kier molecular flexibility index (Phi) is 4.82. The Bertz CT molecular complexity index is 1110. The van der Waals surface area contributed by atoms with Gasteiger partial charge in [-0.3, -0.25) is 0 Å². The van der Waals surface area contributed by atoms with Crippen LogP contribution in [0.5, 0.6) is 5.75 Å². The van der Waals surface area contributed by atoms with Gasteiger partial charge in [-0.2, -0.15) is 5.10 Å². The van der Waals surface area contributed by atoms with Crippen LogP contribution in [0, 0.1) is 0 Å². The summed E-state index contributed by atoms with van der Waals surface area (Å²) in [4.78, 5) is 0.112. The number of aromatic nitrogens is 2. The number of para-hydroxylation sites is 2. The van der Waals surface area contributed by atoms with E-state index in [0.29, 0.717) is 17.1 Å². The predicted octanol–water partition coefficient (Wildman–Crippen LogP) is 2.82. The van der Waals surface area contributed by atoms with Crippen LogP contribution in [0.2, 0.25) is 0 Å². The van der Waals surface area contributed by atoms with Gasteiger partial charge < -0.3 is 10.5 Å². The highest BCUT2D eigenvalue weighted by atomic mass is 32.2. The molecule has 1 atom stereocenters. The Morgan fingerprint density at radius 3 is 2.89 bits per heavy atom. The quantitative estimate of drug-likeness (QED) is 0.644. The number of benzene rings is 2. The molecule has 1 heterocycles. The van der Waals surface area contributed by atoms with Gasteiger partial charge in [-0.05, 0) is 54.7 Å². The molecule has 0 radical (unpaired) electrons. The molecule has 7 nitrogen and oxygen atoms in total. The van der Waals surface area contributed by atoms with E-state index in [0.717, 1.165) is 30.4 Å². The van der Waals surface area contributed by atoms with Crippen molar-refractivity contribution in [2.24, 2.45) is 0 Å². The SMILES string of the molecule is COc1ccccc1-n1cc(S(=O)(=O)NC2CCCc3cc(N)ccc32)cn1. The maximum absolute atomic E-state index is 13.0. The molecule has 2 aromatic carbocycles. The van der Waals surface area contributed by atoms with Gasteiger partial charge in [0.05, 0.1) is 19.5 Å². The lowest BCUT2D eigenvalue weighted by Gasteiger charge is -2.26. The van der Waals surface area contributed by atoms with E-state index in [4.69, 9.17) is 10.5 Å². The fourth-order valence-corrected chi connectivity index (χ4v) is 4.79. The third-order valence-corrected chi connectivity index (χ3v) is 6.41. The first-order valence-corrected chi connectivity index (χ1v) is 10.5. The van der Waals surface area contributed by atoms with E-state index in [1.165, 1.54) is 17.1 Å². The van der Waals surface area contributed by atoms with Gasteiger partial charge in [-0.1, -0.05) is 18.2 Å². The highest BCUT2D eigenvalue weighted by Crippen LogP contribution is 2.32. The number of anilines is 1. The fraction of sp³-hybridized carbons (Fsp3) is 0.250. The van der Waals surface area contributed by atoms with Crippen molar-refractivity contribution in [2.45, 2.75) is 30.2 Å². The van der Waals surface area contributed by atoms with Crippen molar-refractivity contribution in [3.63, 3.8) is 0 Å². The van der Waals surface area contributed by atoms with Gasteiger partial charge in [0.2, 0.25) is 10.0 Å². The molecule has 0 amide bonds. The van der Waals surface area contributed by atoms with E-state index in [2.05, 4.69) is 9.82 Å². The van der Waals surface area contributed by atoms with Crippen molar-refractivity contribution < 1.29 is 13.2 Å². The molecular weight excluding hydrogens is 376 g/mol. The van der Waals surface area contributed by atoms with Gasteiger partial charge in [-0.25, -0.2) is 17.8 Å². The summed E-state index contributed by atoms with van der Waals surface area (Å²) in [6, 6.07) is 12.7. The zero-order valence-corrected chi connectivity index (χ0v) is 16.3. The maximum atomic E-state index is 13.0. The number of hydrogen-bond acceptors (Lipinski definition) is 5. The molecule has 28 heavy (non-hydrogen) atoms. The second-order valence-electron chi connectivity index (χ2n) is 6.82. The highest BCUT2D eigenvalue weighted by Gasteiger charge is 2.27. The highest BCUT2D eigenvalue weighted by molar-refractivity contribution is 7.89. The van der Waals surface area contributed by atoms with Crippen LogP contribution in [0.25, 0.3) is 5.69 Å². The van der Waals surface area contributed by atoms with Crippen molar-refractivity contribution in [3.05, 3.63) is 66.0 Å². The van der Waals surface area contributed by atoms with Crippen LogP contribution in [0.3, 0.4) is 0 Å². The Morgan fingerprint density at radius 1 is 1.25 bits per heavy atom. The molecule has 3 N–H and O–H groups in total. The number of sulfonamides is 1. The molecular formula is C20H22N4O3S. The fourth-order valence-electron chi connectivity index (χ4n) is 3.61. The lowest BCUT2D eigenvalue weighted by Crippen LogP contribution is -2.31. The number of rotatable bonds is 5. The summed E-state index contributed by atoms with van der Waals surface area (Å²) in [5.74, 6) is 0.612. The summed E-state index contributed by atoms with van der Waals surface area (Å²) in [6.45, 7) is 0. The number of nitrogens with two attached hydrogens (primary N) is 1. The molecule has 1 aliphatic carbocycles. The normalized spacial score (nSPS) is 16.5. The molecule has 146 valence electrons. The summed E-state index contributed by atoms with van der Waals surface area (Å²) < 4.78 is 35.6. The van der Waals surface area contributed by atoms with Gasteiger partial charge in [0.25, 0.3) is 0 Å². The Morgan fingerprint density at radius 2 is 2.07 bits per heavy atom. The van der Waals surface area contributed by atoms with Crippen molar-refractivity contribution in [1.29, 1.82) is 0 Å². The molecule has 8 heteroatoms. The molecule has 3 aromatic rings. The van der Waals surface area contributed by atoms with Crippen LogP contribution in [-0.4, -0.2) is 25.3 Å². The number of fused-ring (bicyclic) bond motifs is 1. The second-order valence-corrected chi connectivity index (χ2v) is 8.53. The first kappa shape index (κ1) is 18.5. The largest absolute Gasteiger partial charge is 0.494 e. The van der Waals surface area contributed by atoms with E-state index < -0.39 is 10.0 Å². The molecule has 0 spiro atoms. The van der Waals surface area contributed by atoms with Crippen molar-refractivity contribution in [2.75, 3.05) is 12.8 Å². The minimum absolute atomic E-state index is 0.112. The molecule has 0 aliphatic heterocycles. The topological polar surface area (TPSA) is 99.2 Å². The summed E-state index contributed by atoms with van der Waals surface area (Å²) in [6.07, 6.45) is 5.40. The molecule has 4 rings (SSSR count). The number of aryl methyl sites for hydroxylation is 1. The third-order valence-electron chi connectivity index (χ3n) is 4.98. The number of hydrogen-bond donors (Lipinski definition) is 2. The van der Waals surface area contributed by atoms with Gasteiger partial charge in [-0.15, -0.1) is 0 Å². The Labute approximate surface area is 164 Å². The summed E-state index contributed by atoms with van der Waals surface area (Å²) in [5.41, 5.74) is 9.32. The number of nitrogen functional groups attached to an aromatic ring is 1. The molecule has 0 fully saturated rings. The van der Waals surface area contributed by atoms with Crippen LogP contribution in [0.15, 0.2) is 59.8 Å². The third kappa shape index (κ3) is 3.48. The van der Waals surface area contributed by atoms with Gasteiger partial charge in [0.15, 0.2) is 0 Å². The van der Waals surface area contributed by atoms with E-state index >= 15 is 0 Å². The number of ether oxygens (including phenoxy) is 1. The first-order valence-electron chi connectivity index (χ1n) is 9.06. The minimum atomic E-state index is -3.72. The van der Waals surface area contributed by atoms with Gasteiger partial charge in [0, 0.05) is 11.7 Å². The minimum Gasteiger partial charge on any atom is -0.494 e. The predicted molar refractivity (Wildman–Crippen MR) is 107 cm³/mol. The summed E-state index contributed by atoms with van der Waals surface area (Å²) in [5, 5.41) is 4.21. The van der Waals surface area contributed by atoms with Crippen LogP contribution in [0.4, 0.5) is 5.69 Å². The molecule has 0 bridgehead atoms. The van der Waals surface area contributed by atoms with Crippen LogP contribution in [0.1, 0.15) is 30.0 Å². The average molecular weight is 398 g/mol. The summed E-state index contributed by atoms with van der Waals surface area (Å²) in [7, 11) is -2.16. The molecule has 1 aliphatic rings. The van der Waals surface area contributed by atoms with Gasteiger partial charge in [0.1, 0.15) is 16.3 Å². The molecule has 1 unspecified atom stereocenters. The monoisotopic (exact) mass is 398 g/mol. The van der Waals surface area contributed by atoms with E-state index in [1.54, 1.807) is 13.2 Å². The summed E-state index contributed by atoms with van der Waals surface area (Å²) >= 11 is 0. The van der Waals surface area contributed by atoms with Crippen LogP contribution < -0.4 is 15.2 Å². The second kappa shape index (κ2) is 7.29. The number of methoxy groups -OCH3 is 1. The van der Waals surface area contributed by atoms with Gasteiger partial charge >= 0.3 is 0 Å². The number of nitrogens with zero attached hydrogens (tertiary/aromatic N) is 2. The molecule has 0 saturated carbocycles. The zero-order valence-electron chi connectivity index (χ0n) is 15.5. The van der Waals surface area contributed by atoms with Crippen LogP contribution >= 0.6 is 0 Å². The smallest absolute Gasteiger partial charge is 0.244 e.